The second-order valence-corrected chi connectivity index (χ2v) is 6.55. The van der Waals surface area contributed by atoms with E-state index in [-0.39, 0.29) is 23.4 Å². The lowest BCUT2D eigenvalue weighted by atomic mass is 10.1. The molecule has 7 nitrogen and oxygen atoms in total. The Morgan fingerprint density at radius 1 is 1.13 bits per heavy atom. The minimum Gasteiger partial charge on any atom is -0.471 e. The van der Waals surface area contributed by atoms with Gasteiger partial charge in [0.15, 0.2) is 0 Å². The highest BCUT2D eigenvalue weighted by atomic mass is 19.1. The summed E-state index contributed by atoms with van der Waals surface area (Å²) < 4.78 is 48.1. The highest BCUT2D eigenvalue weighted by Crippen LogP contribution is 2.28. The summed E-state index contributed by atoms with van der Waals surface area (Å²) >= 11 is 0. The van der Waals surface area contributed by atoms with Gasteiger partial charge >= 0.3 is 0 Å². The lowest BCUT2D eigenvalue weighted by molar-refractivity contribution is 0.102. The molecule has 0 spiro atoms. The quantitative estimate of drug-likeness (QED) is 0.666. The molecular weight excluding hydrogens is 399 g/mol. The van der Waals surface area contributed by atoms with Crippen molar-refractivity contribution in [3.8, 4) is 17.1 Å². The van der Waals surface area contributed by atoms with E-state index in [0.717, 1.165) is 43.3 Å². The summed E-state index contributed by atoms with van der Waals surface area (Å²) in [6.45, 7) is 1.46. The third-order valence-corrected chi connectivity index (χ3v) is 4.50. The molecule has 2 aromatic heterocycles. The molecule has 1 aliphatic heterocycles. The number of hydrogen-bond acceptors (Lipinski definition) is 6. The van der Waals surface area contributed by atoms with Crippen molar-refractivity contribution < 1.29 is 22.7 Å². The molecule has 1 aliphatic rings. The molecule has 154 valence electrons. The van der Waals surface area contributed by atoms with E-state index in [0.29, 0.717) is 6.54 Å². The van der Waals surface area contributed by atoms with Gasteiger partial charge in [0.1, 0.15) is 47.0 Å². The number of carbonyl (C=O) groups excluding carboxylic acids is 1. The summed E-state index contributed by atoms with van der Waals surface area (Å²) in [7, 11) is 0. The number of rotatable bonds is 5. The van der Waals surface area contributed by atoms with Crippen LogP contribution in [0.2, 0.25) is 0 Å². The zero-order valence-electron chi connectivity index (χ0n) is 15.5. The van der Waals surface area contributed by atoms with Crippen LogP contribution in [0.15, 0.2) is 42.9 Å². The van der Waals surface area contributed by atoms with Crippen molar-refractivity contribution in [2.75, 3.05) is 18.4 Å². The predicted molar refractivity (Wildman–Crippen MR) is 101 cm³/mol. The molecule has 4 rings (SSSR count). The zero-order valence-corrected chi connectivity index (χ0v) is 15.5. The first kappa shape index (κ1) is 19.8. The Balaban J connectivity index is 1.61. The highest BCUT2D eigenvalue weighted by Gasteiger charge is 2.22. The SMILES string of the molecule is O=C(Nc1cncnc1OC1CCNC1)c1ccc(F)c(-c2c(F)cccc2F)n1. The molecule has 0 saturated carbocycles. The summed E-state index contributed by atoms with van der Waals surface area (Å²) in [5.41, 5.74) is -1.30. The fourth-order valence-electron chi connectivity index (χ4n) is 3.04. The van der Waals surface area contributed by atoms with E-state index in [9.17, 15) is 18.0 Å². The van der Waals surface area contributed by atoms with Crippen LogP contribution in [0, 0.1) is 17.5 Å². The first-order chi connectivity index (χ1) is 14.5. The van der Waals surface area contributed by atoms with Crippen molar-refractivity contribution in [1.29, 1.82) is 0 Å². The van der Waals surface area contributed by atoms with Crippen LogP contribution >= 0.6 is 0 Å². The van der Waals surface area contributed by atoms with Crippen molar-refractivity contribution in [1.82, 2.24) is 20.3 Å². The number of halogens is 3. The van der Waals surface area contributed by atoms with Crippen LogP contribution in [0.5, 0.6) is 5.88 Å². The molecule has 3 heterocycles. The van der Waals surface area contributed by atoms with E-state index in [1.165, 1.54) is 12.5 Å². The van der Waals surface area contributed by atoms with Gasteiger partial charge in [0.25, 0.3) is 5.91 Å². The number of aromatic nitrogens is 3. The van der Waals surface area contributed by atoms with Crippen LogP contribution in [0.3, 0.4) is 0 Å². The maximum atomic E-state index is 14.2. The third kappa shape index (κ3) is 4.08. The van der Waals surface area contributed by atoms with E-state index >= 15 is 0 Å². The van der Waals surface area contributed by atoms with E-state index in [2.05, 4.69) is 25.6 Å². The van der Waals surface area contributed by atoms with Gasteiger partial charge in [0.05, 0.1) is 11.8 Å². The second kappa shape index (κ2) is 8.46. The molecule has 1 fully saturated rings. The number of hydrogen-bond donors (Lipinski definition) is 2. The third-order valence-electron chi connectivity index (χ3n) is 4.50. The number of pyridine rings is 1. The Morgan fingerprint density at radius 2 is 1.93 bits per heavy atom. The molecule has 1 unspecified atom stereocenters. The molecule has 10 heteroatoms. The smallest absolute Gasteiger partial charge is 0.274 e. The van der Waals surface area contributed by atoms with Crippen molar-refractivity contribution in [2.45, 2.75) is 12.5 Å². The first-order valence-electron chi connectivity index (χ1n) is 9.12. The van der Waals surface area contributed by atoms with E-state index in [1.54, 1.807) is 0 Å². The minimum absolute atomic E-state index is 0.102. The van der Waals surface area contributed by atoms with Crippen molar-refractivity contribution in [2.24, 2.45) is 0 Å². The predicted octanol–water partition coefficient (Wildman–Crippen LogP) is 2.95. The minimum atomic E-state index is -0.990. The lowest BCUT2D eigenvalue weighted by Crippen LogP contribution is -2.22. The van der Waals surface area contributed by atoms with Crippen LogP contribution < -0.4 is 15.4 Å². The molecule has 1 aromatic carbocycles. The normalized spacial score (nSPS) is 15.8. The van der Waals surface area contributed by atoms with Gasteiger partial charge in [-0.2, -0.15) is 4.98 Å². The van der Waals surface area contributed by atoms with Gasteiger partial charge in [0, 0.05) is 6.54 Å². The molecule has 3 aromatic rings. The summed E-state index contributed by atoms with van der Waals surface area (Å²) in [5.74, 6) is -3.50. The lowest BCUT2D eigenvalue weighted by Gasteiger charge is -2.15. The number of amides is 1. The van der Waals surface area contributed by atoms with Crippen molar-refractivity contribution in [3.05, 3.63) is 66.0 Å². The van der Waals surface area contributed by atoms with Crippen LogP contribution in [0.25, 0.3) is 11.3 Å². The molecule has 2 N–H and O–H groups in total. The molecule has 1 amide bonds. The van der Waals surface area contributed by atoms with Gasteiger partial charge in [-0.05, 0) is 37.2 Å². The number of carbonyl (C=O) groups is 1. The molecular formula is C20H16F3N5O2. The Labute approximate surface area is 169 Å². The fraction of sp³-hybridized carbons (Fsp3) is 0.200. The van der Waals surface area contributed by atoms with Gasteiger partial charge < -0.3 is 15.4 Å². The van der Waals surface area contributed by atoms with Gasteiger partial charge in [-0.15, -0.1) is 0 Å². The number of anilines is 1. The molecule has 0 aliphatic carbocycles. The summed E-state index contributed by atoms with van der Waals surface area (Å²) in [5, 5.41) is 5.70. The van der Waals surface area contributed by atoms with Crippen LogP contribution in [-0.2, 0) is 0 Å². The number of nitrogens with zero attached hydrogens (tertiary/aromatic N) is 3. The monoisotopic (exact) mass is 415 g/mol. The number of nitrogens with one attached hydrogen (secondary N) is 2. The Hall–Kier alpha value is -3.53. The standard InChI is InChI=1S/C20H16F3N5O2/c21-12-2-1-3-13(22)17(12)18-14(23)4-5-15(27-18)19(29)28-16-9-25-10-26-20(16)30-11-6-7-24-8-11/h1-5,9-11,24H,6-8H2,(H,28,29). The Bertz CT molecular complexity index is 1070. The molecule has 0 bridgehead atoms. The molecule has 0 radical (unpaired) electrons. The van der Waals surface area contributed by atoms with Gasteiger partial charge in [0.2, 0.25) is 5.88 Å². The average molecular weight is 415 g/mol. The fourth-order valence-corrected chi connectivity index (χ4v) is 3.04. The Morgan fingerprint density at radius 3 is 2.67 bits per heavy atom. The highest BCUT2D eigenvalue weighted by molar-refractivity contribution is 6.03. The molecule has 30 heavy (non-hydrogen) atoms. The molecule has 1 saturated heterocycles. The van der Waals surface area contributed by atoms with Gasteiger partial charge in [-0.1, -0.05) is 6.07 Å². The van der Waals surface area contributed by atoms with Crippen LogP contribution in [-0.4, -0.2) is 40.1 Å². The number of benzene rings is 1. The van der Waals surface area contributed by atoms with Crippen LogP contribution in [0.1, 0.15) is 16.9 Å². The van der Waals surface area contributed by atoms with Crippen molar-refractivity contribution >= 4 is 11.6 Å². The number of ether oxygens (including phenoxy) is 1. The summed E-state index contributed by atoms with van der Waals surface area (Å²) in [6, 6.07) is 5.15. The van der Waals surface area contributed by atoms with E-state index in [4.69, 9.17) is 4.74 Å². The van der Waals surface area contributed by atoms with Gasteiger partial charge in [-0.3, -0.25) is 4.79 Å². The topological polar surface area (TPSA) is 89.0 Å². The van der Waals surface area contributed by atoms with Crippen molar-refractivity contribution in [3.63, 3.8) is 0 Å². The van der Waals surface area contributed by atoms with E-state index < -0.39 is 34.6 Å². The van der Waals surface area contributed by atoms with Crippen LogP contribution in [0.4, 0.5) is 18.9 Å². The molecule has 1 atom stereocenters. The maximum absolute atomic E-state index is 14.2. The first-order valence-corrected chi connectivity index (χ1v) is 9.12. The largest absolute Gasteiger partial charge is 0.471 e. The second-order valence-electron chi connectivity index (χ2n) is 6.55. The summed E-state index contributed by atoms with van der Waals surface area (Å²) in [6.07, 6.45) is 3.32. The maximum Gasteiger partial charge on any atom is 0.274 e. The average Bonchev–Trinajstić information content (AvgIpc) is 3.24. The summed E-state index contributed by atoms with van der Waals surface area (Å²) in [4.78, 5) is 24.4. The zero-order chi connectivity index (χ0) is 21.1. The Kier molecular flexibility index (Phi) is 5.57. The van der Waals surface area contributed by atoms with Gasteiger partial charge in [-0.25, -0.2) is 23.1 Å². The van der Waals surface area contributed by atoms with E-state index in [1.807, 2.05) is 0 Å².